The molecule has 0 aromatic heterocycles. The molecule has 1 aromatic carbocycles. The van der Waals surface area contributed by atoms with Gasteiger partial charge >= 0.3 is 0 Å². The Morgan fingerprint density at radius 3 is 3.04 bits per heavy atom. The summed E-state index contributed by atoms with van der Waals surface area (Å²) in [6, 6.07) is 6.50. The average Bonchev–Trinajstić information content (AvgIpc) is 3.08. The predicted molar refractivity (Wildman–Crippen MR) is 96.3 cm³/mol. The average molecular weight is 330 g/mol. The first-order valence-corrected chi connectivity index (χ1v) is 9.49. The number of aryl methyl sites for hydroxylation is 2. The van der Waals surface area contributed by atoms with E-state index in [0.29, 0.717) is 12.5 Å². The standard InChI is InChI=1S/C20H30N2O2/c1-2-3-9-22-20(23)18-10-15(12-21-13-18)14-24-19-8-7-16-5-4-6-17(16)11-19/h7-8,11,15,18,21H,2-6,9-10,12-14H2,1H3,(H,22,23)/t15-,18+/m0/s1. The van der Waals surface area contributed by atoms with Gasteiger partial charge in [-0.15, -0.1) is 0 Å². The van der Waals surface area contributed by atoms with Gasteiger partial charge in [0.05, 0.1) is 12.5 Å². The molecule has 0 saturated carbocycles. The number of rotatable bonds is 7. The van der Waals surface area contributed by atoms with E-state index in [4.69, 9.17) is 4.74 Å². The summed E-state index contributed by atoms with van der Waals surface area (Å²) < 4.78 is 6.03. The number of amides is 1. The molecule has 1 aliphatic carbocycles. The van der Waals surface area contributed by atoms with E-state index < -0.39 is 0 Å². The van der Waals surface area contributed by atoms with Crippen LogP contribution in [-0.4, -0.2) is 32.1 Å². The lowest BCUT2D eigenvalue weighted by atomic mass is 9.90. The molecule has 4 nitrogen and oxygen atoms in total. The Hall–Kier alpha value is -1.55. The van der Waals surface area contributed by atoms with Crippen molar-refractivity contribution >= 4 is 5.91 Å². The van der Waals surface area contributed by atoms with Gasteiger partial charge in [-0.2, -0.15) is 0 Å². The molecule has 0 unspecified atom stereocenters. The van der Waals surface area contributed by atoms with Crippen LogP contribution in [0.3, 0.4) is 0 Å². The fourth-order valence-electron chi connectivity index (χ4n) is 3.74. The van der Waals surface area contributed by atoms with Crippen molar-refractivity contribution in [2.24, 2.45) is 11.8 Å². The maximum atomic E-state index is 12.2. The predicted octanol–water partition coefficient (Wildman–Crippen LogP) is 2.70. The number of fused-ring (bicyclic) bond motifs is 1. The lowest BCUT2D eigenvalue weighted by Crippen LogP contribution is -2.45. The van der Waals surface area contributed by atoms with Crippen molar-refractivity contribution in [2.45, 2.75) is 45.4 Å². The molecule has 1 heterocycles. The van der Waals surface area contributed by atoms with Gasteiger partial charge in [0.2, 0.25) is 5.91 Å². The van der Waals surface area contributed by atoms with Gasteiger partial charge in [0.15, 0.2) is 0 Å². The van der Waals surface area contributed by atoms with Crippen molar-refractivity contribution in [1.29, 1.82) is 0 Å². The highest BCUT2D eigenvalue weighted by molar-refractivity contribution is 5.79. The largest absolute Gasteiger partial charge is 0.493 e. The Morgan fingerprint density at radius 1 is 1.29 bits per heavy atom. The molecule has 1 amide bonds. The van der Waals surface area contributed by atoms with Crippen molar-refractivity contribution in [3.63, 3.8) is 0 Å². The molecular weight excluding hydrogens is 300 g/mol. The van der Waals surface area contributed by atoms with Crippen LogP contribution in [-0.2, 0) is 17.6 Å². The third kappa shape index (κ3) is 4.50. The van der Waals surface area contributed by atoms with Crippen LogP contribution in [0.1, 0.15) is 43.7 Å². The van der Waals surface area contributed by atoms with Gasteiger partial charge < -0.3 is 15.4 Å². The van der Waals surface area contributed by atoms with Crippen molar-refractivity contribution in [3.8, 4) is 5.75 Å². The molecule has 2 N–H and O–H groups in total. The minimum absolute atomic E-state index is 0.0734. The summed E-state index contributed by atoms with van der Waals surface area (Å²) >= 11 is 0. The van der Waals surface area contributed by atoms with Crippen LogP contribution in [0.4, 0.5) is 0 Å². The van der Waals surface area contributed by atoms with Crippen LogP contribution >= 0.6 is 0 Å². The van der Waals surface area contributed by atoms with Gasteiger partial charge in [0, 0.05) is 25.6 Å². The van der Waals surface area contributed by atoms with Gasteiger partial charge in [-0.05, 0) is 55.4 Å². The number of hydrogen-bond donors (Lipinski definition) is 2. The van der Waals surface area contributed by atoms with Gasteiger partial charge in [0.25, 0.3) is 0 Å². The normalized spacial score (nSPS) is 22.9. The molecule has 1 fully saturated rings. The maximum Gasteiger partial charge on any atom is 0.224 e. The van der Waals surface area contributed by atoms with E-state index in [-0.39, 0.29) is 11.8 Å². The molecule has 2 aliphatic rings. The Bertz CT molecular complexity index is 559. The second-order valence-corrected chi connectivity index (χ2v) is 7.20. The number of unbranched alkanes of at least 4 members (excludes halogenated alkanes) is 1. The van der Waals surface area contributed by atoms with Gasteiger partial charge in [0.1, 0.15) is 5.75 Å². The molecule has 3 rings (SSSR count). The molecule has 4 heteroatoms. The van der Waals surface area contributed by atoms with Gasteiger partial charge in [-0.3, -0.25) is 4.79 Å². The van der Waals surface area contributed by atoms with E-state index in [2.05, 4.69) is 35.8 Å². The van der Waals surface area contributed by atoms with Crippen LogP contribution in [0, 0.1) is 11.8 Å². The molecule has 24 heavy (non-hydrogen) atoms. The topological polar surface area (TPSA) is 50.4 Å². The van der Waals surface area contributed by atoms with Crippen LogP contribution in [0.25, 0.3) is 0 Å². The highest BCUT2D eigenvalue weighted by Crippen LogP contribution is 2.27. The van der Waals surface area contributed by atoms with Crippen molar-refractivity contribution in [2.75, 3.05) is 26.2 Å². The third-order valence-electron chi connectivity index (χ3n) is 5.20. The van der Waals surface area contributed by atoms with E-state index in [0.717, 1.165) is 44.6 Å². The molecule has 1 aliphatic heterocycles. The second-order valence-electron chi connectivity index (χ2n) is 7.20. The number of carbonyl (C=O) groups is 1. The molecule has 1 aromatic rings. The molecule has 2 atom stereocenters. The summed E-state index contributed by atoms with van der Waals surface area (Å²) in [4.78, 5) is 12.2. The summed E-state index contributed by atoms with van der Waals surface area (Å²) in [5, 5.41) is 6.45. The van der Waals surface area contributed by atoms with Crippen LogP contribution in [0.5, 0.6) is 5.75 Å². The van der Waals surface area contributed by atoms with E-state index in [1.54, 1.807) is 0 Å². The summed E-state index contributed by atoms with van der Waals surface area (Å²) in [5.41, 5.74) is 2.92. The smallest absolute Gasteiger partial charge is 0.224 e. The number of benzene rings is 1. The SMILES string of the molecule is CCCCNC(=O)[C@H]1CNC[C@@H](COc2ccc3c(c2)CCC3)C1. The van der Waals surface area contributed by atoms with Crippen molar-refractivity contribution < 1.29 is 9.53 Å². The van der Waals surface area contributed by atoms with E-state index in [1.807, 2.05) is 0 Å². The minimum Gasteiger partial charge on any atom is -0.493 e. The lowest BCUT2D eigenvalue weighted by Gasteiger charge is -2.29. The van der Waals surface area contributed by atoms with E-state index >= 15 is 0 Å². The summed E-state index contributed by atoms with van der Waals surface area (Å²) in [6.07, 6.45) is 6.72. The summed E-state index contributed by atoms with van der Waals surface area (Å²) in [5.74, 6) is 1.64. The van der Waals surface area contributed by atoms with Gasteiger partial charge in [-0.25, -0.2) is 0 Å². The molecule has 0 bridgehead atoms. The Morgan fingerprint density at radius 2 is 2.17 bits per heavy atom. The number of piperidine rings is 1. The number of ether oxygens (including phenoxy) is 1. The fourth-order valence-corrected chi connectivity index (χ4v) is 3.74. The van der Waals surface area contributed by atoms with Gasteiger partial charge in [-0.1, -0.05) is 19.4 Å². The third-order valence-corrected chi connectivity index (χ3v) is 5.20. The highest BCUT2D eigenvalue weighted by atomic mass is 16.5. The van der Waals surface area contributed by atoms with Crippen molar-refractivity contribution in [3.05, 3.63) is 29.3 Å². The van der Waals surface area contributed by atoms with Crippen LogP contribution in [0.2, 0.25) is 0 Å². The molecule has 0 spiro atoms. The Kier molecular flexibility index (Phi) is 6.13. The zero-order valence-corrected chi connectivity index (χ0v) is 14.8. The summed E-state index contributed by atoms with van der Waals surface area (Å²) in [6.45, 7) is 5.34. The highest BCUT2D eigenvalue weighted by Gasteiger charge is 2.27. The molecule has 0 radical (unpaired) electrons. The Labute approximate surface area is 145 Å². The first-order valence-electron chi connectivity index (χ1n) is 9.49. The minimum atomic E-state index is 0.0734. The molecule has 1 saturated heterocycles. The number of nitrogens with one attached hydrogen (secondary N) is 2. The molecular formula is C20H30N2O2. The first-order chi connectivity index (χ1) is 11.8. The number of carbonyl (C=O) groups excluding carboxylic acids is 1. The fraction of sp³-hybridized carbons (Fsp3) is 0.650. The van der Waals surface area contributed by atoms with E-state index in [1.165, 1.54) is 30.4 Å². The second kappa shape index (κ2) is 8.52. The zero-order valence-electron chi connectivity index (χ0n) is 14.8. The van der Waals surface area contributed by atoms with Crippen molar-refractivity contribution in [1.82, 2.24) is 10.6 Å². The Balaban J connectivity index is 1.46. The quantitative estimate of drug-likeness (QED) is 0.756. The van der Waals surface area contributed by atoms with Crippen LogP contribution < -0.4 is 15.4 Å². The summed E-state index contributed by atoms with van der Waals surface area (Å²) in [7, 11) is 0. The maximum absolute atomic E-state index is 12.2. The molecule has 132 valence electrons. The lowest BCUT2D eigenvalue weighted by molar-refractivity contribution is -0.126. The monoisotopic (exact) mass is 330 g/mol. The van der Waals surface area contributed by atoms with Crippen LogP contribution in [0.15, 0.2) is 18.2 Å². The first kappa shape index (κ1) is 17.3. The zero-order chi connectivity index (χ0) is 16.8. The van der Waals surface area contributed by atoms with E-state index in [9.17, 15) is 4.79 Å². The number of hydrogen-bond acceptors (Lipinski definition) is 3.